The van der Waals surface area contributed by atoms with Gasteiger partial charge in [-0.2, -0.15) is 10.5 Å². The molecule has 122 valence electrons. The van der Waals surface area contributed by atoms with Gasteiger partial charge in [-0.25, -0.2) is 0 Å². The Bertz CT molecular complexity index is 711. The molecule has 2 aromatic carbocycles. The van der Waals surface area contributed by atoms with Crippen molar-refractivity contribution >= 4 is 0 Å². The lowest BCUT2D eigenvalue weighted by Gasteiger charge is -2.21. The minimum absolute atomic E-state index is 0.734. The second kappa shape index (κ2) is 7.80. The number of rotatable bonds is 5. The number of nitriles is 2. The first-order valence-electron chi connectivity index (χ1n) is 8.75. The van der Waals surface area contributed by atoms with E-state index in [9.17, 15) is 10.5 Å². The summed E-state index contributed by atoms with van der Waals surface area (Å²) in [5, 5.41) is 18.6. The number of benzene rings is 2. The van der Waals surface area contributed by atoms with E-state index in [1.54, 1.807) is 0 Å². The topological polar surface area (TPSA) is 47.6 Å². The van der Waals surface area contributed by atoms with Gasteiger partial charge in [-0.05, 0) is 83.3 Å². The second-order valence-electron chi connectivity index (χ2n) is 5.98. The molecule has 2 aromatic rings. The molecular formula is C22H24N2. The maximum Gasteiger partial charge on any atom is 0.0991 e. The van der Waals surface area contributed by atoms with Crippen LogP contribution in [0, 0.1) is 22.7 Å². The molecule has 0 aromatic heterocycles. The molecule has 2 rings (SSSR count). The first-order valence-corrected chi connectivity index (χ1v) is 8.75. The zero-order valence-corrected chi connectivity index (χ0v) is 15.0. The molecule has 0 aliphatic heterocycles. The Morgan fingerprint density at radius 3 is 1.00 bits per heavy atom. The summed E-state index contributed by atoms with van der Waals surface area (Å²) in [4.78, 5) is 0. The molecule has 2 nitrogen and oxygen atoms in total. The Morgan fingerprint density at radius 1 is 0.583 bits per heavy atom. The molecule has 0 radical (unpaired) electrons. The Balaban J connectivity index is 2.91. The summed E-state index contributed by atoms with van der Waals surface area (Å²) in [5.41, 5.74) is 8.91. The molecule has 0 bridgehead atoms. The smallest absolute Gasteiger partial charge is 0.0991 e. The van der Waals surface area contributed by atoms with Crippen molar-refractivity contribution in [2.75, 3.05) is 0 Å². The van der Waals surface area contributed by atoms with Gasteiger partial charge in [-0.15, -0.1) is 0 Å². The van der Waals surface area contributed by atoms with Gasteiger partial charge in [0.1, 0.15) is 0 Å². The van der Waals surface area contributed by atoms with Crippen LogP contribution in [-0.2, 0) is 25.7 Å². The van der Waals surface area contributed by atoms with Crippen molar-refractivity contribution in [3.05, 3.63) is 57.6 Å². The molecule has 0 aliphatic rings. The van der Waals surface area contributed by atoms with Crippen LogP contribution in [-0.4, -0.2) is 0 Å². The van der Waals surface area contributed by atoms with Gasteiger partial charge in [0.2, 0.25) is 0 Å². The average molecular weight is 316 g/mol. The summed E-state index contributed by atoms with van der Waals surface area (Å²) < 4.78 is 0. The zero-order valence-electron chi connectivity index (χ0n) is 15.0. The standard InChI is InChI=1S/C22H24N2/c1-5-17-9-15(13-23)10-18(6-2)21(17)22-19(7-3)11-16(14-24)12-20(22)8-4/h9-12H,5-8H2,1-4H3. The first kappa shape index (κ1) is 17.8. The quantitative estimate of drug-likeness (QED) is 0.746. The third kappa shape index (κ3) is 3.19. The van der Waals surface area contributed by atoms with Crippen LogP contribution in [0.25, 0.3) is 11.1 Å². The minimum Gasteiger partial charge on any atom is -0.192 e. The summed E-state index contributed by atoms with van der Waals surface area (Å²) in [6.45, 7) is 8.56. The molecule has 0 spiro atoms. The van der Waals surface area contributed by atoms with Crippen molar-refractivity contribution in [2.24, 2.45) is 0 Å². The fraction of sp³-hybridized carbons (Fsp3) is 0.364. The Labute approximate surface area is 145 Å². The molecule has 0 saturated heterocycles. The third-order valence-electron chi connectivity index (χ3n) is 4.64. The molecule has 24 heavy (non-hydrogen) atoms. The molecular weight excluding hydrogens is 292 g/mol. The highest BCUT2D eigenvalue weighted by Crippen LogP contribution is 2.36. The van der Waals surface area contributed by atoms with E-state index in [2.05, 4.69) is 39.8 Å². The van der Waals surface area contributed by atoms with Crippen molar-refractivity contribution in [3.63, 3.8) is 0 Å². The summed E-state index contributed by atoms with van der Waals surface area (Å²) in [7, 11) is 0. The Hall–Kier alpha value is -2.58. The molecule has 0 N–H and O–H groups in total. The van der Waals surface area contributed by atoms with Crippen molar-refractivity contribution in [2.45, 2.75) is 53.4 Å². The van der Waals surface area contributed by atoms with Crippen molar-refractivity contribution in [1.82, 2.24) is 0 Å². The van der Waals surface area contributed by atoms with Gasteiger partial charge in [0, 0.05) is 0 Å². The van der Waals surface area contributed by atoms with E-state index in [1.165, 1.54) is 33.4 Å². The van der Waals surface area contributed by atoms with E-state index in [4.69, 9.17) is 0 Å². The van der Waals surface area contributed by atoms with Crippen molar-refractivity contribution in [1.29, 1.82) is 10.5 Å². The lowest BCUT2D eigenvalue weighted by molar-refractivity contribution is 1.05. The molecule has 2 heteroatoms. The Morgan fingerprint density at radius 2 is 0.833 bits per heavy atom. The van der Waals surface area contributed by atoms with Crippen LogP contribution in [0.2, 0.25) is 0 Å². The summed E-state index contributed by atoms with van der Waals surface area (Å²) in [6.07, 6.45) is 3.57. The van der Waals surface area contributed by atoms with Crippen LogP contribution in [0.5, 0.6) is 0 Å². The minimum atomic E-state index is 0.734. The lowest BCUT2D eigenvalue weighted by atomic mass is 9.83. The number of hydrogen-bond acceptors (Lipinski definition) is 2. The van der Waals surface area contributed by atoms with Gasteiger partial charge in [0.15, 0.2) is 0 Å². The van der Waals surface area contributed by atoms with Crippen LogP contribution in [0.3, 0.4) is 0 Å². The van der Waals surface area contributed by atoms with Crippen LogP contribution in [0.1, 0.15) is 61.1 Å². The van der Waals surface area contributed by atoms with Gasteiger partial charge in [-0.3, -0.25) is 0 Å². The molecule has 0 unspecified atom stereocenters. The molecule has 0 amide bonds. The third-order valence-corrected chi connectivity index (χ3v) is 4.64. The Kier molecular flexibility index (Phi) is 5.78. The number of hydrogen-bond donors (Lipinski definition) is 0. The van der Waals surface area contributed by atoms with E-state index in [0.29, 0.717) is 0 Å². The summed E-state index contributed by atoms with van der Waals surface area (Å²) >= 11 is 0. The number of aryl methyl sites for hydroxylation is 4. The SMILES string of the molecule is CCc1cc(C#N)cc(CC)c1-c1c(CC)cc(C#N)cc1CC. The van der Waals surface area contributed by atoms with E-state index in [1.807, 2.05) is 24.3 Å². The van der Waals surface area contributed by atoms with Crippen LogP contribution in [0.15, 0.2) is 24.3 Å². The molecule has 0 atom stereocenters. The lowest BCUT2D eigenvalue weighted by Crippen LogP contribution is -2.03. The first-order chi connectivity index (χ1) is 11.6. The van der Waals surface area contributed by atoms with Gasteiger partial charge in [0.05, 0.1) is 23.3 Å². The maximum absolute atomic E-state index is 9.32. The van der Waals surface area contributed by atoms with Gasteiger partial charge < -0.3 is 0 Å². The molecule has 0 fully saturated rings. The normalized spacial score (nSPS) is 10.2. The maximum atomic E-state index is 9.32. The van der Waals surface area contributed by atoms with Crippen LogP contribution in [0.4, 0.5) is 0 Å². The highest BCUT2D eigenvalue weighted by atomic mass is 14.3. The van der Waals surface area contributed by atoms with Gasteiger partial charge >= 0.3 is 0 Å². The van der Waals surface area contributed by atoms with E-state index < -0.39 is 0 Å². The van der Waals surface area contributed by atoms with Crippen molar-refractivity contribution < 1.29 is 0 Å². The highest BCUT2D eigenvalue weighted by Gasteiger charge is 2.18. The summed E-state index contributed by atoms with van der Waals surface area (Å²) in [5.74, 6) is 0. The fourth-order valence-corrected chi connectivity index (χ4v) is 3.42. The van der Waals surface area contributed by atoms with Crippen LogP contribution < -0.4 is 0 Å². The van der Waals surface area contributed by atoms with E-state index in [0.717, 1.165) is 36.8 Å². The monoisotopic (exact) mass is 316 g/mol. The fourth-order valence-electron chi connectivity index (χ4n) is 3.42. The number of nitrogens with zero attached hydrogens (tertiary/aromatic N) is 2. The van der Waals surface area contributed by atoms with Crippen LogP contribution >= 0.6 is 0 Å². The molecule has 0 saturated carbocycles. The van der Waals surface area contributed by atoms with Gasteiger partial charge in [-0.1, -0.05) is 27.7 Å². The zero-order chi connectivity index (χ0) is 17.7. The molecule has 0 heterocycles. The largest absolute Gasteiger partial charge is 0.192 e. The second-order valence-corrected chi connectivity index (χ2v) is 5.98. The highest BCUT2D eigenvalue weighted by molar-refractivity contribution is 5.79. The molecule has 0 aliphatic carbocycles. The van der Waals surface area contributed by atoms with Gasteiger partial charge in [0.25, 0.3) is 0 Å². The average Bonchev–Trinajstić information content (AvgIpc) is 2.65. The van der Waals surface area contributed by atoms with E-state index in [-0.39, 0.29) is 0 Å². The summed E-state index contributed by atoms with van der Waals surface area (Å²) in [6, 6.07) is 12.7. The predicted octanol–water partition coefficient (Wildman–Crippen LogP) is 5.35. The van der Waals surface area contributed by atoms with Crippen molar-refractivity contribution in [3.8, 4) is 23.3 Å². The predicted molar refractivity (Wildman–Crippen MR) is 98.8 cm³/mol. The van der Waals surface area contributed by atoms with E-state index >= 15 is 0 Å².